The van der Waals surface area contributed by atoms with Gasteiger partial charge >= 0.3 is 0 Å². The fraction of sp³-hybridized carbons (Fsp3) is 0.348. The van der Waals surface area contributed by atoms with Crippen LogP contribution in [0.2, 0.25) is 0 Å². The van der Waals surface area contributed by atoms with Gasteiger partial charge in [0.2, 0.25) is 0 Å². The molecule has 1 fully saturated rings. The molecule has 0 spiro atoms. The van der Waals surface area contributed by atoms with Crippen LogP contribution in [0.1, 0.15) is 17.7 Å². The Hall–Kier alpha value is -3.26. The molecule has 0 amide bonds. The van der Waals surface area contributed by atoms with Gasteiger partial charge in [-0.15, -0.1) is 0 Å². The minimum Gasteiger partial charge on any atom is -0.495 e. The number of pyridine rings is 1. The van der Waals surface area contributed by atoms with Crippen LogP contribution >= 0.6 is 0 Å². The van der Waals surface area contributed by atoms with Gasteiger partial charge in [0, 0.05) is 56.0 Å². The van der Waals surface area contributed by atoms with Crippen molar-refractivity contribution in [3.05, 3.63) is 65.9 Å². The summed E-state index contributed by atoms with van der Waals surface area (Å²) in [6.45, 7) is 3.11. The second-order valence-corrected chi connectivity index (χ2v) is 7.84. The summed E-state index contributed by atoms with van der Waals surface area (Å²) in [6, 6.07) is 10.8. The van der Waals surface area contributed by atoms with Crippen molar-refractivity contribution in [1.82, 2.24) is 20.1 Å². The largest absolute Gasteiger partial charge is 0.495 e. The van der Waals surface area contributed by atoms with E-state index in [4.69, 9.17) is 9.47 Å². The van der Waals surface area contributed by atoms with E-state index in [1.165, 1.54) is 12.1 Å². The molecular formula is C23H24FN5O2. The molecule has 0 unspecified atom stereocenters. The lowest BCUT2D eigenvalue weighted by Crippen LogP contribution is -2.35. The van der Waals surface area contributed by atoms with Crippen molar-refractivity contribution in [3.8, 4) is 11.5 Å². The molecular weight excluding hydrogens is 397 g/mol. The molecule has 2 aliphatic rings. The van der Waals surface area contributed by atoms with Crippen molar-refractivity contribution >= 4 is 11.5 Å². The molecule has 1 atom stereocenters. The molecule has 31 heavy (non-hydrogen) atoms. The van der Waals surface area contributed by atoms with Crippen LogP contribution in [0.4, 0.5) is 15.9 Å². The third kappa shape index (κ3) is 4.03. The van der Waals surface area contributed by atoms with E-state index in [1.807, 2.05) is 18.2 Å². The summed E-state index contributed by atoms with van der Waals surface area (Å²) in [5.41, 5.74) is 2.78. The minimum absolute atomic E-state index is 0.218. The molecule has 4 heterocycles. The van der Waals surface area contributed by atoms with Crippen LogP contribution in [-0.2, 0) is 13.0 Å². The summed E-state index contributed by atoms with van der Waals surface area (Å²) in [5, 5.41) is 8.21. The van der Waals surface area contributed by atoms with Crippen molar-refractivity contribution in [2.45, 2.75) is 25.5 Å². The zero-order valence-corrected chi connectivity index (χ0v) is 17.4. The number of hydrogen-bond donors (Lipinski definition) is 0. The highest BCUT2D eigenvalue weighted by molar-refractivity contribution is 5.71. The second-order valence-electron chi connectivity index (χ2n) is 7.84. The number of anilines is 2. The number of nitrogens with zero attached hydrogens (tertiary/aromatic N) is 5. The third-order valence-corrected chi connectivity index (χ3v) is 5.87. The standard InChI is InChI=1S/C23H24FN5O2/c1-30-20-12-18(27-26-13-20)6-9-28-10-7-19(14-28)29-21-5-4-17(24)11-22(21)31-15-16-3-2-8-25-23(16)29/h2-5,8,11-13,19H,6-7,9-10,14-15H2,1H3/t19-/m1/s1. The highest BCUT2D eigenvalue weighted by Crippen LogP contribution is 2.41. The molecule has 1 saturated heterocycles. The van der Waals surface area contributed by atoms with Crippen LogP contribution in [0, 0.1) is 5.82 Å². The molecule has 0 radical (unpaired) electrons. The quantitative estimate of drug-likeness (QED) is 0.626. The molecule has 0 bridgehead atoms. The van der Waals surface area contributed by atoms with Gasteiger partial charge in [-0.2, -0.15) is 10.2 Å². The van der Waals surface area contributed by atoms with Gasteiger partial charge in [0.05, 0.1) is 24.7 Å². The lowest BCUT2D eigenvalue weighted by atomic mass is 10.1. The maximum atomic E-state index is 13.9. The highest BCUT2D eigenvalue weighted by atomic mass is 19.1. The van der Waals surface area contributed by atoms with Gasteiger partial charge in [-0.05, 0) is 24.6 Å². The zero-order chi connectivity index (χ0) is 21.2. The lowest BCUT2D eigenvalue weighted by molar-refractivity contribution is 0.308. The number of likely N-dealkylation sites (tertiary alicyclic amines) is 1. The van der Waals surface area contributed by atoms with Gasteiger partial charge in [0.15, 0.2) is 0 Å². The predicted molar refractivity (Wildman–Crippen MR) is 114 cm³/mol. The summed E-state index contributed by atoms with van der Waals surface area (Å²) in [5.74, 6) is 1.87. The Morgan fingerprint density at radius 3 is 3.10 bits per heavy atom. The van der Waals surface area contributed by atoms with E-state index in [1.54, 1.807) is 25.6 Å². The Kier molecular flexibility index (Phi) is 5.38. The first kappa shape index (κ1) is 19.7. The number of fused-ring (bicyclic) bond motifs is 2. The molecule has 3 aromatic rings. The maximum Gasteiger partial charge on any atom is 0.146 e. The van der Waals surface area contributed by atoms with Crippen molar-refractivity contribution in [1.29, 1.82) is 0 Å². The Balaban J connectivity index is 1.36. The molecule has 5 rings (SSSR count). The van der Waals surface area contributed by atoms with Gasteiger partial charge < -0.3 is 19.3 Å². The van der Waals surface area contributed by atoms with E-state index in [2.05, 4.69) is 25.0 Å². The van der Waals surface area contributed by atoms with E-state index in [9.17, 15) is 4.39 Å². The molecule has 0 aliphatic carbocycles. The van der Waals surface area contributed by atoms with Crippen LogP contribution in [0.5, 0.6) is 11.5 Å². The Morgan fingerprint density at radius 2 is 2.19 bits per heavy atom. The molecule has 7 nitrogen and oxygen atoms in total. The summed E-state index contributed by atoms with van der Waals surface area (Å²) in [6.07, 6.45) is 5.20. The zero-order valence-electron chi connectivity index (χ0n) is 17.4. The Morgan fingerprint density at radius 1 is 1.26 bits per heavy atom. The lowest BCUT2D eigenvalue weighted by Gasteiger charge is -2.30. The minimum atomic E-state index is -0.301. The average Bonchev–Trinajstić information content (AvgIpc) is 3.20. The molecule has 1 aromatic carbocycles. The monoisotopic (exact) mass is 421 g/mol. The third-order valence-electron chi connectivity index (χ3n) is 5.87. The van der Waals surface area contributed by atoms with Crippen LogP contribution in [0.25, 0.3) is 0 Å². The van der Waals surface area contributed by atoms with Gasteiger partial charge in [-0.3, -0.25) is 0 Å². The summed E-state index contributed by atoms with van der Waals surface area (Å²) < 4.78 is 25.1. The molecule has 2 aromatic heterocycles. The van der Waals surface area contributed by atoms with E-state index in [0.717, 1.165) is 61.0 Å². The van der Waals surface area contributed by atoms with Crippen LogP contribution in [0.15, 0.2) is 48.8 Å². The van der Waals surface area contributed by atoms with E-state index in [-0.39, 0.29) is 11.9 Å². The summed E-state index contributed by atoms with van der Waals surface area (Å²) in [7, 11) is 1.63. The SMILES string of the molecule is COc1cnnc(CCN2CC[C@@H](N3c4ccc(F)cc4OCc4cccnc43)C2)c1. The smallest absolute Gasteiger partial charge is 0.146 e. The molecule has 8 heteroatoms. The predicted octanol–water partition coefficient (Wildman–Crippen LogP) is 3.37. The number of aromatic nitrogens is 3. The molecule has 160 valence electrons. The van der Waals surface area contributed by atoms with Crippen molar-refractivity contribution in [2.24, 2.45) is 0 Å². The first-order chi connectivity index (χ1) is 15.2. The van der Waals surface area contributed by atoms with E-state index >= 15 is 0 Å². The van der Waals surface area contributed by atoms with Crippen LogP contribution in [-0.4, -0.2) is 52.9 Å². The van der Waals surface area contributed by atoms with Gasteiger partial charge in [0.1, 0.15) is 29.7 Å². The van der Waals surface area contributed by atoms with Gasteiger partial charge in [-0.25, -0.2) is 9.37 Å². The average molecular weight is 421 g/mol. The van der Waals surface area contributed by atoms with Crippen LogP contribution in [0.3, 0.4) is 0 Å². The fourth-order valence-corrected chi connectivity index (χ4v) is 4.32. The number of methoxy groups -OCH3 is 1. The van der Waals surface area contributed by atoms with Crippen LogP contribution < -0.4 is 14.4 Å². The van der Waals surface area contributed by atoms with Crippen molar-refractivity contribution in [3.63, 3.8) is 0 Å². The Bertz CT molecular complexity index is 1080. The number of benzene rings is 1. The second kappa shape index (κ2) is 8.47. The van der Waals surface area contributed by atoms with Crippen molar-refractivity contribution in [2.75, 3.05) is 31.6 Å². The highest BCUT2D eigenvalue weighted by Gasteiger charge is 2.33. The summed E-state index contributed by atoms with van der Waals surface area (Å²) >= 11 is 0. The molecule has 0 saturated carbocycles. The fourth-order valence-electron chi connectivity index (χ4n) is 4.32. The van der Waals surface area contributed by atoms with E-state index < -0.39 is 0 Å². The maximum absolute atomic E-state index is 13.9. The number of hydrogen-bond acceptors (Lipinski definition) is 7. The van der Waals surface area contributed by atoms with Crippen molar-refractivity contribution < 1.29 is 13.9 Å². The molecule has 2 aliphatic heterocycles. The number of rotatable bonds is 5. The number of halogens is 1. The first-order valence-corrected chi connectivity index (χ1v) is 10.4. The number of ether oxygens (including phenoxy) is 2. The molecule has 0 N–H and O–H groups in total. The Labute approximate surface area is 180 Å². The normalized spacial score (nSPS) is 18.1. The summed E-state index contributed by atoms with van der Waals surface area (Å²) in [4.78, 5) is 9.31. The topological polar surface area (TPSA) is 63.6 Å². The van der Waals surface area contributed by atoms with E-state index in [0.29, 0.717) is 12.4 Å². The van der Waals surface area contributed by atoms with Gasteiger partial charge in [-0.1, -0.05) is 6.07 Å². The first-order valence-electron chi connectivity index (χ1n) is 10.4. The van der Waals surface area contributed by atoms with Gasteiger partial charge in [0.25, 0.3) is 0 Å².